The van der Waals surface area contributed by atoms with E-state index < -0.39 is 5.97 Å². The van der Waals surface area contributed by atoms with Gasteiger partial charge in [-0.3, -0.25) is 0 Å². The minimum Gasteiger partial charge on any atom is -0.478 e. The van der Waals surface area contributed by atoms with E-state index in [4.69, 9.17) is 28.3 Å². The van der Waals surface area contributed by atoms with Crippen LogP contribution in [0.4, 0.5) is 0 Å². The van der Waals surface area contributed by atoms with Gasteiger partial charge >= 0.3 is 5.97 Å². The first kappa shape index (κ1) is 15.7. The maximum atomic E-state index is 11.1. The Morgan fingerprint density at radius 1 is 1.29 bits per heavy atom. The molecule has 1 N–H and O–H groups in total. The second-order valence-corrected chi connectivity index (χ2v) is 5.44. The Balaban J connectivity index is 2.29. The molecule has 0 saturated carbocycles. The monoisotopic (exact) mass is 324 g/mol. The SMILES string of the molecule is CCCc1nc(Cc2ccc(Cl)c(Cl)c2)ncc1C(=O)O. The Morgan fingerprint density at radius 2 is 2.05 bits per heavy atom. The van der Waals surface area contributed by atoms with Crippen molar-refractivity contribution >= 4 is 29.2 Å². The predicted molar refractivity (Wildman–Crippen MR) is 82.3 cm³/mol. The van der Waals surface area contributed by atoms with Crippen molar-refractivity contribution in [3.63, 3.8) is 0 Å². The van der Waals surface area contributed by atoms with E-state index in [-0.39, 0.29) is 5.56 Å². The summed E-state index contributed by atoms with van der Waals surface area (Å²) in [5.74, 6) is -0.429. The molecule has 1 aromatic carbocycles. The minimum atomic E-state index is -1.00. The van der Waals surface area contributed by atoms with E-state index in [0.29, 0.717) is 34.4 Å². The van der Waals surface area contributed by atoms with Gasteiger partial charge in [0.25, 0.3) is 0 Å². The summed E-state index contributed by atoms with van der Waals surface area (Å²) >= 11 is 11.9. The number of aromatic carboxylic acids is 1. The Morgan fingerprint density at radius 3 is 2.67 bits per heavy atom. The maximum absolute atomic E-state index is 11.1. The van der Waals surface area contributed by atoms with Gasteiger partial charge in [-0.1, -0.05) is 42.6 Å². The van der Waals surface area contributed by atoms with Crippen LogP contribution in [-0.4, -0.2) is 21.0 Å². The van der Waals surface area contributed by atoms with E-state index in [9.17, 15) is 4.79 Å². The second kappa shape index (κ2) is 6.87. The van der Waals surface area contributed by atoms with E-state index in [1.807, 2.05) is 13.0 Å². The van der Waals surface area contributed by atoms with Crippen molar-refractivity contribution in [2.24, 2.45) is 0 Å². The smallest absolute Gasteiger partial charge is 0.339 e. The van der Waals surface area contributed by atoms with Crippen LogP contribution in [0.2, 0.25) is 10.0 Å². The molecule has 0 atom stereocenters. The fourth-order valence-electron chi connectivity index (χ4n) is 1.98. The minimum absolute atomic E-state index is 0.162. The largest absolute Gasteiger partial charge is 0.478 e. The zero-order valence-electron chi connectivity index (χ0n) is 11.4. The Labute approximate surface area is 132 Å². The molecule has 110 valence electrons. The van der Waals surface area contributed by atoms with Gasteiger partial charge in [0.1, 0.15) is 5.82 Å². The van der Waals surface area contributed by atoms with E-state index in [0.717, 1.165) is 12.0 Å². The maximum Gasteiger partial charge on any atom is 0.339 e. The summed E-state index contributed by atoms with van der Waals surface area (Å²) < 4.78 is 0. The number of benzene rings is 1. The summed E-state index contributed by atoms with van der Waals surface area (Å²) in [7, 11) is 0. The summed E-state index contributed by atoms with van der Waals surface area (Å²) in [4.78, 5) is 19.6. The lowest BCUT2D eigenvalue weighted by atomic mass is 10.1. The third-order valence-electron chi connectivity index (χ3n) is 2.98. The number of hydrogen-bond donors (Lipinski definition) is 1. The lowest BCUT2D eigenvalue weighted by molar-refractivity contribution is 0.0694. The van der Waals surface area contributed by atoms with E-state index >= 15 is 0 Å². The van der Waals surface area contributed by atoms with Crippen molar-refractivity contribution in [1.29, 1.82) is 0 Å². The standard InChI is InChI=1S/C15H14Cl2N2O2/c1-2-3-13-10(15(20)21)8-18-14(19-13)7-9-4-5-11(16)12(17)6-9/h4-6,8H,2-3,7H2,1H3,(H,20,21). The molecule has 0 radical (unpaired) electrons. The highest BCUT2D eigenvalue weighted by molar-refractivity contribution is 6.42. The summed E-state index contributed by atoms with van der Waals surface area (Å²) in [5, 5.41) is 10.1. The summed E-state index contributed by atoms with van der Waals surface area (Å²) in [6.45, 7) is 1.98. The fourth-order valence-corrected chi connectivity index (χ4v) is 2.30. The summed E-state index contributed by atoms with van der Waals surface area (Å²) in [5.41, 5.74) is 1.65. The molecule has 0 unspecified atom stereocenters. The number of carbonyl (C=O) groups is 1. The third-order valence-corrected chi connectivity index (χ3v) is 3.72. The molecular weight excluding hydrogens is 311 g/mol. The quantitative estimate of drug-likeness (QED) is 0.902. The number of carboxylic acids is 1. The first-order valence-electron chi connectivity index (χ1n) is 6.53. The van der Waals surface area contributed by atoms with Crippen LogP contribution in [0.1, 0.15) is 40.8 Å². The van der Waals surface area contributed by atoms with E-state index in [1.54, 1.807) is 12.1 Å². The fraction of sp³-hybridized carbons (Fsp3) is 0.267. The van der Waals surface area contributed by atoms with Gasteiger partial charge < -0.3 is 5.11 Å². The Kier molecular flexibility index (Phi) is 5.15. The molecule has 1 aromatic heterocycles. The molecule has 2 rings (SSSR count). The topological polar surface area (TPSA) is 63.1 Å². The van der Waals surface area contributed by atoms with Crippen LogP contribution in [0.5, 0.6) is 0 Å². The Hall–Kier alpha value is -1.65. The number of rotatable bonds is 5. The highest BCUT2D eigenvalue weighted by atomic mass is 35.5. The number of aromatic nitrogens is 2. The van der Waals surface area contributed by atoms with Crippen molar-refractivity contribution in [2.45, 2.75) is 26.2 Å². The molecule has 0 saturated heterocycles. The molecule has 1 heterocycles. The first-order valence-corrected chi connectivity index (χ1v) is 7.29. The number of hydrogen-bond acceptors (Lipinski definition) is 3. The molecular formula is C15H14Cl2N2O2. The molecule has 0 amide bonds. The summed E-state index contributed by atoms with van der Waals surface area (Å²) in [6.07, 6.45) is 3.28. The van der Waals surface area contributed by atoms with Crippen molar-refractivity contribution in [3.8, 4) is 0 Å². The van der Waals surface area contributed by atoms with Crippen molar-refractivity contribution in [1.82, 2.24) is 9.97 Å². The summed E-state index contributed by atoms with van der Waals surface area (Å²) in [6, 6.07) is 5.33. The van der Waals surface area contributed by atoms with Gasteiger partial charge in [0.15, 0.2) is 0 Å². The van der Waals surface area contributed by atoms with Gasteiger partial charge in [-0.05, 0) is 24.1 Å². The van der Waals surface area contributed by atoms with Crippen LogP contribution in [0.25, 0.3) is 0 Å². The van der Waals surface area contributed by atoms with Gasteiger partial charge in [-0.15, -0.1) is 0 Å². The average molecular weight is 325 g/mol. The van der Waals surface area contributed by atoms with E-state index in [2.05, 4.69) is 9.97 Å². The van der Waals surface area contributed by atoms with E-state index in [1.165, 1.54) is 6.20 Å². The zero-order valence-corrected chi connectivity index (χ0v) is 12.9. The first-order chi connectivity index (χ1) is 10.0. The third kappa shape index (κ3) is 3.93. The number of nitrogens with zero attached hydrogens (tertiary/aromatic N) is 2. The normalized spacial score (nSPS) is 10.6. The lowest BCUT2D eigenvalue weighted by Gasteiger charge is -2.07. The predicted octanol–water partition coefficient (Wildman–Crippen LogP) is 4.02. The zero-order chi connectivity index (χ0) is 15.4. The molecule has 0 spiro atoms. The molecule has 0 aliphatic rings. The second-order valence-electron chi connectivity index (χ2n) is 4.63. The van der Waals surface area contributed by atoms with Crippen LogP contribution in [0, 0.1) is 0 Å². The molecule has 0 fully saturated rings. The van der Waals surface area contributed by atoms with Gasteiger partial charge in [0, 0.05) is 12.6 Å². The molecule has 0 bridgehead atoms. The van der Waals surface area contributed by atoms with Gasteiger partial charge in [-0.2, -0.15) is 0 Å². The van der Waals surface area contributed by atoms with Gasteiger partial charge in [0.05, 0.1) is 21.3 Å². The Bertz CT molecular complexity index is 675. The average Bonchev–Trinajstić information content (AvgIpc) is 2.43. The van der Waals surface area contributed by atoms with Crippen LogP contribution in [0.15, 0.2) is 24.4 Å². The highest BCUT2D eigenvalue weighted by Gasteiger charge is 2.13. The van der Waals surface area contributed by atoms with Gasteiger partial charge in [-0.25, -0.2) is 14.8 Å². The van der Waals surface area contributed by atoms with Crippen LogP contribution in [-0.2, 0) is 12.8 Å². The lowest BCUT2D eigenvalue weighted by Crippen LogP contribution is -2.09. The van der Waals surface area contributed by atoms with Gasteiger partial charge in [0.2, 0.25) is 0 Å². The number of carboxylic acid groups (broad SMARTS) is 1. The number of halogens is 2. The molecule has 21 heavy (non-hydrogen) atoms. The van der Waals surface area contributed by atoms with Crippen molar-refractivity contribution < 1.29 is 9.90 Å². The van der Waals surface area contributed by atoms with Crippen molar-refractivity contribution in [2.75, 3.05) is 0 Å². The molecule has 2 aromatic rings. The molecule has 0 aliphatic heterocycles. The van der Waals surface area contributed by atoms with Crippen molar-refractivity contribution in [3.05, 3.63) is 57.1 Å². The van der Waals surface area contributed by atoms with Crippen LogP contribution >= 0.6 is 23.2 Å². The number of aryl methyl sites for hydroxylation is 1. The molecule has 4 nitrogen and oxygen atoms in total. The van der Waals surface area contributed by atoms with Crippen LogP contribution in [0.3, 0.4) is 0 Å². The molecule has 0 aliphatic carbocycles. The highest BCUT2D eigenvalue weighted by Crippen LogP contribution is 2.23. The molecule has 6 heteroatoms. The van der Waals surface area contributed by atoms with Crippen LogP contribution < -0.4 is 0 Å².